The number of hydrogen-bond acceptors (Lipinski definition) is 7. The van der Waals surface area contributed by atoms with Gasteiger partial charge < -0.3 is 19.0 Å². The van der Waals surface area contributed by atoms with E-state index >= 15 is 0 Å². The summed E-state index contributed by atoms with van der Waals surface area (Å²) in [4.78, 5) is 24.8. The van der Waals surface area contributed by atoms with Gasteiger partial charge in [0.1, 0.15) is 22.3 Å². The number of amides is 1. The van der Waals surface area contributed by atoms with Gasteiger partial charge in [0, 0.05) is 6.42 Å². The number of nitrogens with one attached hydrogen (secondary N) is 1. The molecule has 1 amide bonds. The summed E-state index contributed by atoms with van der Waals surface area (Å²) < 4.78 is 40.9. The van der Waals surface area contributed by atoms with Crippen molar-refractivity contribution in [3.05, 3.63) is 59.7 Å². The number of alkyl carbamates (subject to hydrolysis) is 1. The van der Waals surface area contributed by atoms with Crippen molar-refractivity contribution in [2.24, 2.45) is 0 Å². The number of rotatable bonds is 8. The molecule has 1 N–H and O–H groups in total. The minimum absolute atomic E-state index is 0.0310. The molecule has 0 bridgehead atoms. The van der Waals surface area contributed by atoms with Crippen molar-refractivity contribution in [3.8, 4) is 5.75 Å². The largest absolute Gasteiger partial charge is 0.461 e. The minimum Gasteiger partial charge on any atom is -0.461 e. The van der Waals surface area contributed by atoms with Crippen LogP contribution >= 0.6 is 0 Å². The Bertz CT molecular complexity index is 1070. The van der Waals surface area contributed by atoms with Crippen LogP contribution in [0.3, 0.4) is 0 Å². The van der Waals surface area contributed by atoms with Gasteiger partial charge in [-0.3, -0.25) is 0 Å². The molecule has 0 spiro atoms. The lowest BCUT2D eigenvalue weighted by Crippen LogP contribution is -2.46. The van der Waals surface area contributed by atoms with Crippen molar-refractivity contribution in [2.75, 3.05) is 0 Å². The molecule has 0 heterocycles. The lowest BCUT2D eigenvalue weighted by Gasteiger charge is -2.23. The van der Waals surface area contributed by atoms with Crippen LogP contribution < -0.4 is 9.50 Å². The molecular weight excluding hydrogens is 446 g/mol. The maximum Gasteiger partial charge on any atom is 0.408 e. The number of hydrogen-bond donors (Lipinski definition) is 1. The van der Waals surface area contributed by atoms with Gasteiger partial charge in [0.2, 0.25) is 0 Å². The topological polar surface area (TPSA) is 108 Å². The Morgan fingerprint density at radius 3 is 2.24 bits per heavy atom. The molecule has 180 valence electrons. The van der Waals surface area contributed by atoms with Gasteiger partial charge in [-0.1, -0.05) is 29.8 Å². The van der Waals surface area contributed by atoms with Gasteiger partial charge >= 0.3 is 22.2 Å². The van der Waals surface area contributed by atoms with Gasteiger partial charge in [-0.05, 0) is 71.4 Å². The summed E-state index contributed by atoms with van der Waals surface area (Å²) >= 11 is 0. The average Bonchev–Trinajstić information content (AvgIpc) is 2.65. The fourth-order valence-electron chi connectivity index (χ4n) is 2.80. The van der Waals surface area contributed by atoms with Gasteiger partial charge in [-0.2, -0.15) is 8.42 Å². The van der Waals surface area contributed by atoms with Crippen molar-refractivity contribution < 1.29 is 31.7 Å². The summed E-state index contributed by atoms with van der Waals surface area (Å²) in [5, 5.41) is 2.53. The van der Waals surface area contributed by atoms with E-state index in [9.17, 15) is 18.0 Å². The van der Waals surface area contributed by atoms with Crippen LogP contribution in [0.15, 0.2) is 53.4 Å². The number of carbonyl (C=O) groups excluding carboxylic acids is 2. The van der Waals surface area contributed by atoms with E-state index < -0.39 is 33.8 Å². The van der Waals surface area contributed by atoms with E-state index in [1.807, 2.05) is 6.92 Å². The molecule has 0 aliphatic rings. The number of esters is 1. The molecule has 0 fully saturated rings. The number of aryl methyl sites for hydroxylation is 1. The van der Waals surface area contributed by atoms with Crippen LogP contribution in [0.4, 0.5) is 4.79 Å². The van der Waals surface area contributed by atoms with Gasteiger partial charge in [0.25, 0.3) is 0 Å². The first-order valence-corrected chi connectivity index (χ1v) is 12.0. The molecular formula is C24H31NO7S. The Hall–Kier alpha value is -3.07. The SMILES string of the molecule is Cc1ccc(S(=O)(=O)Oc2cccc(C[C@H](NC(=O)OC(C)(C)C)C(=O)OC(C)C)c2)cc1. The van der Waals surface area contributed by atoms with Gasteiger partial charge in [-0.25, -0.2) is 9.59 Å². The highest BCUT2D eigenvalue weighted by Gasteiger charge is 2.27. The van der Waals surface area contributed by atoms with E-state index in [0.29, 0.717) is 5.56 Å². The Morgan fingerprint density at radius 1 is 1.03 bits per heavy atom. The number of ether oxygens (including phenoxy) is 2. The molecule has 0 radical (unpaired) electrons. The second-order valence-corrected chi connectivity index (χ2v) is 10.4. The summed E-state index contributed by atoms with van der Waals surface area (Å²) in [6, 6.07) is 11.6. The predicted octanol–water partition coefficient (Wildman–Crippen LogP) is 4.15. The lowest BCUT2D eigenvalue weighted by atomic mass is 10.1. The third-order valence-corrected chi connectivity index (χ3v) is 5.44. The van der Waals surface area contributed by atoms with E-state index in [2.05, 4.69) is 5.32 Å². The van der Waals surface area contributed by atoms with E-state index in [1.165, 1.54) is 24.3 Å². The Labute approximate surface area is 195 Å². The molecule has 0 aromatic heterocycles. The van der Waals surface area contributed by atoms with Crippen LogP contribution in [0.2, 0.25) is 0 Å². The Kier molecular flexibility index (Phi) is 8.49. The van der Waals surface area contributed by atoms with Crippen LogP contribution in [-0.4, -0.2) is 38.2 Å². The monoisotopic (exact) mass is 477 g/mol. The molecule has 0 unspecified atom stereocenters. The minimum atomic E-state index is -4.03. The highest BCUT2D eigenvalue weighted by molar-refractivity contribution is 7.87. The molecule has 8 nitrogen and oxygen atoms in total. The normalized spacial score (nSPS) is 12.7. The highest BCUT2D eigenvalue weighted by atomic mass is 32.2. The summed E-state index contributed by atoms with van der Waals surface area (Å²) in [5.74, 6) is -0.546. The van der Waals surface area contributed by atoms with E-state index in [0.717, 1.165) is 5.56 Å². The molecule has 2 aromatic rings. The number of benzene rings is 2. The van der Waals surface area contributed by atoms with Crippen molar-refractivity contribution in [1.82, 2.24) is 5.32 Å². The number of carbonyl (C=O) groups is 2. The molecule has 2 rings (SSSR count). The average molecular weight is 478 g/mol. The molecule has 9 heteroatoms. The quantitative estimate of drug-likeness (QED) is 0.449. The Morgan fingerprint density at radius 2 is 1.67 bits per heavy atom. The van der Waals surface area contributed by atoms with Crippen LogP contribution in [0.5, 0.6) is 5.75 Å². The zero-order valence-corrected chi connectivity index (χ0v) is 20.6. The van der Waals surface area contributed by atoms with Gasteiger partial charge in [0.05, 0.1) is 6.10 Å². The smallest absolute Gasteiger partial charge is 0.408 e. The lowest BCUT2D eigenvalue weighted by molar-refractivity contribution is -0.149. The second-order valence-electron chi connectivity index (χ2n) is 8.89. The maximum absolute atomic E-state index is 12.6. The summed E-state index contributed by atoms with van der Waals surface area (Å²) in [6.07, 6.45) is -1.09. The van der Waals surface area contributed by atoms with Gasteiger partial charge in [-0.15, -0.1) is 0 Å². The molecule has 33 heavy (non-hydrogen) atoms. The molecule has 0 saturated heterocycles. The van der Waals surface area contributed by atoms with Crippen LogP contribution in [0.1, 0.15) is 45.7 Å². The predicted molar refractivity (Wildman–Crippen MR) is 124 cm³/mol. The summed E-state index contributed by atoms with van der Waals surface area (Å²) in [5.41, 5.74) is 0.746. The molecule has 1 atom stereocenters. The zero-order valence-electron chi connectivity index (χ0n) is 19.7. The van der Waals surface area contributed by atoms with Crippen molar-refractivity contribution >= 4 is 22.2 Å². The second kappa shape index (κ2) is 10.7. The summed E-state index contributed by atoms with van der Waals surface area (Å²) in [7, 11) is -4.03. The first-order chi connectivity index (χ1) is 15.2. The maximum atomic E-state index is 12.6. The fourth-order valence-corrected chi connectivity index (χ4v) is 3.72. The first-order valence-electron chi connectivity index (χ1n) is 10.6. The molecule has 2 aromatic carbocycles. The highest BCUT2D eigenvalue weighted by Crippen LogP contribution is 2.21. The summed E-state index contributed by atoms with van der Waals surface area (Å²) in [6.45, 7) is 10.4. The Balaban J connectivity index is 2.21. The van der Waals surface area contributed by atoms with E-state index in [1.54, 1.807) is 58.9 Å². The first kappa shape index (κ1) is 26.2. The van der Waals surface area contributed by atoms with Crippen LogP contribution in [-0.2, 0) is 30.8 Å². The van der Waals surface area contributed by atoms with Crippen molar-refractivity contribution in [3.63, 3.8) is 0 Å². The van der Waals surface area contributed by atoms with Crippen LogP contribution in [0, 0.1) is 6.92 Å². The third-order valence-electron chi connectivity index (χ3n) is 4.18. The molecule has 0 aliphatic heterocycles. The van der Waals surface area contributed by atoms with Crippen molar-refractivity contribution in [1.29, 1.82) is 0 Å². The molecule has 0 saturated carbocycles. The van der Waals surface area contributed by atoms with Crippen molar-refractivity contribution in [2.45, 2.75) is 70.6 Å². The van der Waals surface area contributed by atoms with Crippen LogP contribution in [0.25, 0.3) is 0 Å². The molecule has 0 aliphatic carbocycles. The zero-order chi connectivity index (χ0) is 24.8. The fraction of sp³-hybridized carbons (Fsp3) is 0.417. The van der Waals surface area contributed by atoms with Gasteiger partial charge in [0.15, 0.2) is 0 Å². The third kappa shape index (κ3) is 8.76. The van der Waals surface area contributed by atoms with E-state index in [4.69, 9.17) is 13.7 Å². The van der Waals surface area contributed by atoms with E-state index in [-0.39, 0.29) is 23.2 Å². The standard InChI is InChI=1S/C24H31NO7S/c1-16(2)30-22(26)21(25-23(27)31-24(4,5)6)15-18-8-7-9-19(14-18)32-33(28,29)20-12-10-17(3)11-13-20/h7-14,16,21H,15H2,1-6H3,(H,25,27)/t21-/m0/s1.